The number of sulfone groups is 1. The minimum absolute atomic E-state index is 0.0553. The summed E-state index contributed by atoms with van der Waals surface area (Å²) in [6.45, 7) is 3.00. The van der Waals surface area contributed by atoms with Crippen LogP contribution in [0, 0.1) is 0 Å². The zero-order valence-electron chi connectivity index (χ0n) is 7.94. The molecule has 4 nitrogen and oxygen atoms in total. The van der Waals surface area contributed by atoms with E-state index in [1.54, 1.807) is 0 Å². The first-order valence-electron chi connectivity index (χ1n) is 4.77. The Morgan fingerprint density at radius 1 is 1.46 bits per heavy atom. The number of rotatable bonds is 4. The van der Waals surface area contributed by atoms with Gasteiger partial charge in [0, 0.05) is 0 Å². The Hall–Kier alpha value is -0.130. The van der Waals surface area contributed by atoms with Crippen molar-refractivity contribution in [1.29, 1.82) is 0 Å². The Morgan fingerprint density at radius 3 is 2.62 bits per heavy atom. The molecule has 0 saturated carbocycles. The fourth-order valence-corrected chi connectivity index (χ4v) is 3.47. The van der Waals surface area contributed by atoms with Crippen molar-refractivity contribution in [3.63, 3.8) is 0 Å². The van der Waals surface area contributed by atoms with E-state index in [1.807, 2.05) is 5.32 Å². The summed E-state index contributed by atoms with van der Waals surface area (Å²) in [6.07, 6.45) is 1.51. The molecule has 0 aromatic rings. The molecule has 5 heteroatoms. The highest BCUT2D eigenvalue weighted by atomic mass is 32.2. The first kappa shape index (κ1) is 10.9. The summed E-state index contributed by atoms with van der Waals surface area (Å²) < 4.78 is 22.2. The monoisotopic (exact) mass is 208 g/mol. The van der Waals surface area contributed by atoms with Crippen molar-refractivity contribution in [3.05, 3.63) is 0 Å². The van der Waals surface area contributed by atoms with Gasteiger partial charge in [0.05, 0.1) is 12.3 Å². The van der Waals surface area contributed by atoms with Gasteiger partial charge in [0.1, 0.15) is 17.9 Å². The predicted molar refractivity (Wildman–Crippen MR) is 50.1 cm³/mol. The van der Waals surface area contributed by atoms with Crippen LogP contribution in [0.3, 0.4) is 0 Å². The minimum atomic E-state index is -2.96. The molecule has 0 amide bonds. The van der Waals surface area contributed by atoms with Crippen LogP contribution in [0.2, 0.25) is 0 Å². The van der Waals surface area contributed by atoms with E-state index in [1.165, 1.54) is 0 Å². The lowest BCUT2D eigenvalue weighted by molar-refractivity contribution is -0.690. The van der Waals surface area contributed by atoms with E-state index >= 15 is 0 Å². The Bertz CT molecular complexity index is 250. The molecule has 0 bridgehead atoms. The fourth-order valence-electron chi connectivity index (χ4n) is 1.62. The molecule has 2 atom stereocenters. The van der Waals surface area contributed by atoms with Gasteiger partial charge in [-0.1, -0.05) is 13.3 Å². The molecule has 1 saturated heterocycles. The van der Waals surface area contributed by atoms with E-state index in [2.05, 4.69) is 6.92 Å². The van der Waals surface area contributed by atoms with Crippen molar-refractivity contribution < 1.29 is 18.8 Å². The highest BCUT2D eigenvalue weighted by Gasteiger charge is 2.38. The second-order valence-electron chi connectivity index (χ2n) is 3.69. The molecule has 0 spiro atoms. The number of hydrogen-bond acceptors (Lipinski definition) is 3. The highest BCUT2D eigenvalue weighted by molar-refractivity contribution is 7.91. The maximum Gasteiger partial charge on any atom is 0.159 e. The van der Waals surface area contributed by atoms with Crippen LogP contribution in [0.15, 0.2) is 0 Å². The topological polar surface area (TPSA) is 71.0 Å². The minimum Gasteiger partial charge on any atom is -0.386 e. The summed E-state index contributed by atoms with van der Waals surface area (Å²) in [6, 6.07) is -0.128. The number of aliphatic hydroxyl groups excluding tert-OH is 1. The van der Waals surface area contributed by atoms with Crippen molar-refractivity contribution >= 4 is 9.84 Å². The average molecular weight is 208 g/mol. The molecule has 1 aliphatic rings. The summed E-state index contributed by atoms with van der Waals surface area (Å²) in [4.78, 5) is 0. The van der Waals surface area contributed by atoms with Crippen LogP contribution in [0.4, 0.5) is 0 Å². The molecule has 1 heterocycles. The van der Waals surface area contributed by atoms with Crippen LogP contribution in [0.5, 0.6) is 0 Å². The smallest absolute Gasteiger partial charge is 0.159 e. The predicted octanol–water partition coefficient (Wildman–Crippen LogP) is -1.49. The van der Waals surface area contributed by atoms with Gasteiger partial charge >= 0.3 is 0 Å². The maximum atomic E-state index is 11.1. The molecule has 1 rings (SSSR count). The summed E-state index contributed by atoms with van der Waals surface area (Å²) in [5.41, 5.74) is 0. The van der Waals surface area contributed by atoms with Crippen LogP contribution in [-0.4, -0.2) is 43.7 Å². The Labute approximate surface area is 79.3 Å². The third kappa shape index (κ3) is 3.25. The van der Waals surface area contributed by atoms with Crippen LogP contribution in [-0.2, 0) is 9.84 Å². The summed E-state index contributed by atoms with van der Waals surface area (Å²) in [5, 5.41) is 11.4. The van der Waals surface area contributed by atoms with Crippen molar-refractivity contribution in [2.24, 2.45) is 0 Å². The molecule has 0 radical (unpaired) electrons. The third-order valence-corrected chi connectivity index (χ3v) is 4.13. The van der Waals surface area contributed by atoms with Gasteiger partial charge in [-0.2, -0.15) is 0 Å². The fraction of sp³-hybridized carbons (Fsp3) is 1.00. The summed E-state index contributed by atoms with van der Waals surface area (Å²) >= 11 is 0. The average Bonchev–Trinajstić information content (AvgIpc) is 2.25. The zero-order chi connectivity index (χ0) is 9.90. The van der Waals surface area contributed by atoms with Crippen LogP contribution >= 0.6 is 0 Å². The van der Waals surface area contributed by atoms with Gasteiger partial charge in [0.15, 0.2) is 9.84 Å². The van der Waals surface area contributed by atoms with Gasteiger partial charge in [0.25, 0.3) is 0 Å². The number of aliphatic hydroxyl groups is 1. The van der Waals surface area contributed by atoms with E-state index in [4.69, 9.17) is 0 Å². The lowest BCUT2D eigenvalue weighted by atomic mass is 10.2. The molecular weight excluding hydrogens is 190 g/mol. The van der Waals surface area contributed by atoms with E-state index in [0.717, 1.165) is 19.4 Å². The Morgan fingerprint density at radius 2 is 2.15 bits per heavy atom. The largest absolute Gasteiger partial charge is 0.386 e. The van der Waals surface area contributed by atoms with Gasteiger partial charge in [-0.15, -0.1) is 0 Å². The van der Waals surface area contributed by atoms with Gasteiger partial charge in [-0.25, -0.2) is 8.42 Å². The molecule has 0 aliphatic carbocycles. The SMILES string of the molecule is CCCC[NH2+][C@H]1CS(=O)(=O)C[C@@H]1O. The van der Waals surface area contributed by atoms with Gasteiger partial charge < -0.3 is 10.4 Å². The molecule has 1 aliphatic heterocycles. The number of hydrogen-bond donors (Lipinski definition) is 2. The first-order valence-corrected chi connectivity index (χ1v) is 6.59. The molecule has 0 unspecified atom stereocenters. The van der Waals surface area contributed by atoms with Crippen molar-refractivity contribution in [2.75, 3.05) is 18.1 Å². The highest BCUT2D eigenvalue weighted by Crippen LogP contribution is 2.08. The molecule has 3 N–H and O–H groups in total. The van der Waals surface area contributed by atoms with E-state index in [0.29, 0.717) is 0 Å². The van der Waals surface area contributed by atoms with Crippen molar-refractivity contribution in [1.82, 2.24) is 0 Å². The number of quaternary nitrogens is 1. The Kier molecular flexibility index (Phi) is 3.70. The lowest BCUT2D eigenvalue weighted by Crippen LogP contribution is -2.92. The zero-order valence-corrected chi connectivity index (χ0v) is 8.76. The molecule has 0 aromatic heterocycles. The molecule has 0 aromatic carbocycles. The van der Waals surface area contributed by atoms with Crippen LogP contribution in [0.25, 0.3) is 0 Å². The number of unbranched alkanes of at least 4 members (excludes halogenated alkanes) is 1. The second kappa shape index (κ2) is 4.39. The standard InChI is InChI=1S/C8H17NO3S/c1-2-3-4-9-7-5-13(11,12)6-8(7)10/h7-10H,2-6H2,1H3/p+1/t7-,8-/m0/s1. The molecule has 1 fully saturated rings. The Balaban J connectivity index is 2.36. The molecule has 13 heavy (non-hydrogen) atoms. The van der Waals surface area contributed by atoms with E-state index in [-0.39, 0.29) is 17.5 Å². The quantitative estimate of drug-likeness (QED) is 0.553. The summed E-state index contributed by atoms with van der Waals surface area (Å²) in [5.74, 6) is 0.0815. The maximum absolute atomic E-state index is 11.1. The summed E-state index contributed by atoms with van der Waals surface area (Å²) in [7, 11) is -2.96. The number of nitrogens with two attached hydrogens (primary N) is 1. The van der Waals surface area contributed by atoms with E-state index in [9.17, 15) is 13.5 Å². The van der Waals surface area contributed by atoms with Gasteiger partial charge in [0.2, 0.25) is 0 Å². The van der Waals surface area contributed by atoms with Crippen LogP contribution < -0.4 is 5.32 Å². The van der Waals surface area contributed by atoms with E-state index < -0.39 is 15.9 Å². The van der Waals surface area contributed by atoms with Crippen molar-refractivity contribution in [3.8, 4) is 0 Å². The first-order chi connectivity index (χ1) is 6.05. The third-order valence-electron chi connectivity index (χ3n) is 2.39. The normalized spacial score (nSPS) is 32.2. The molecule has 78 valence electrons. The van der Waals surface area contributed by atoms with Crippen molar-refractivity contribution in [2.45, 2.75) is 31.9 Å². The van der Waals surface area contributed by atoms with Crippen LogP contribution in [0.1, 0.15) is 19.8 Å². The van der Waals surface area contributed by atoms with Gasteiger partial charge in [-0.3, -0.25) is 0 Å². The second-order valence-corrected chi connectivity index (χ2v) is 5.84. The molecular formula is C8H18NO3S+. The lowest BCUT2D eigenvalue weighted by Gasteiger charge is -2.10. The van der Waals surface area contributed by atoms with Gasteiger partial charge in [-0.05, 0) is 6.42 Å².